The summed E-state index contributed by atoms with van der Waals surface area (Å²) in [5.41, 5.74) is 1.19. The molecule has 1 N–H and O–H groups in total. The van der Waals surface area contributed by atoms with E-state index in [1.807, 2.05) is 6.92 Å². The van der Waals surface area contributed by atoms with Crippen LogP contribution in [0.25, 0.3) is 0 Å². The van der Waals surface area contributed by atoms with Gasteiger partial charge in [-0.1, -0.05) is 6.07 Å². The molecule has 0 radical (unpaired) electrons. The molecule has 0 aliphatic carbocycles. The monoisotopic (exact) mass is 325 g/mol. The number of ether oxygens (including phenoxy) is 1. The molecule has 0 saturated carbocycles. The van der Waals surface area contributed by atoms with E-state index >= 15 is 0 Å². The lowest BCUT2D eigenvalue weighted by Crippen LogP contribution is -2.02. The molecule has 1 unspecified atom stereocenters. The zero-order chi connectivity index (χ0) is 13.8. The van der Waals surface area contributed by atoms with Crippen LogP contribution in [0.1, 0.15) is 24.2 Å². The summed E-state index contributed by atoms with van der Waals surface area (Å²) in [6, 6.07) is 6.12. The Labute approximate surface area is 119 Å². The lowest BCUT2D eigenvalue weighted by atomic mass is 10.0. The van der Waals surface area contributed by atoms with E-state index in [0.29, 0.717) is 28.0 Å². The standard InChI is InChI=1S/C14H13BrFNO2/c1-2-19-11-5-10(7-17-8-11)14(18)9-3-4-13(16)12(15)6-9/h3-8,14,18H,2H2,1H3. The molecule has 0 fully saturated rings. The van der Waals surface area contributed by atoms with Gasteiger partial charge in [-0.3, -0.25) is 4.98 Å². The Kier molecular flexibility index (Phi) is 4.50. The highest BCUT2D eigenvalue weighted by Crippen LogP contribution is 2.27. The third kappa shape index (κ3) is 3.30. The Bertz CT molecular complexity index is 577. The summed E-state index contributed by atoms with van der Waals surface area (Å²) < 4.78 is 18.8. The minimum Gasteiger partial charge on any atom is -0.492 e. The molecule has 0 aliphatic heterocycles. The smallest absolute Gasteiger partial charge is 0.137 e. The minimum absolute atomic E-state index is 0.318. The summed E-state index contributed by atoms with van der Waals surface area (Å²) in [4.78, 5) is 4.02. The highest BCUT2D eigenvalue weighted by molar-refractivity contribution is 9.10. The molecule has 1 atom stereocenters. The van der Waals surface area contributed by atoms with Crippen molar-refractivity contribution in [2.24, 2.45) is 0 Å². The van der Waals surface area contributed by atoms with E-state index in [-0.39, 0.29) is 5.82 Å². The molecule has 0 amide bonds. The van der Waals surface area contributed by atoms with Gasteiger partial charge < -0.3 is 9.84 Å². The molecular formula is C14H13BrFNO2. The number of benzene rings is 1. The van der Waals surface area contributed by atoms with Gasteiger partial charge in [0.1, 0.15) is 17.7 Å². The van der Waals surface area contributed by atoms with E-state index in [1.165, 1.54) is 12.1 Å². The van der Waals surface area contributed by atoms with Crippen LogP contribution in [0, 0.1) is 5.82 Å². The second-order valence-corrected chi connectivity index (χ2v) is 4.82. The maximum Gasteiger partial charge on any atom is 0.137 e. The van der Waals surface area contributed by atoms with E-state index in [9.17, 15) is 9.50 Å². The van der Waals surface area contributed by atoms with E-state index in [1.54, 1.807) is 24.5 Å². The van der Waals surface area contributed by atoms with Gasteiger partial charge in [-0.05, 0) is 46.6 Å². The van der Waals surface area contributed by atoms with Crippen LogP contribution in [-0.4, -0.2) is 16.7 Å². The van der Waals surface area contributed by atoms with E-state index in [4.69, 9.17) is 4.74 Å². The van der Waals surface area contributed by atoms with Gasteiger partial charge in [0.25, 0.3) is 0 Å². The van der Waals surface area contributed by atoms with Gasteiger partial charge >= 0.3 is 0 Å². The number of hydrogen-bond acceptors (Lipinski definition) is 3. The first-order chi connectivity index (χ1) is 9.11. The molecule has 19 heavy (non-hydrogen) atoms. The van der Waals surface area contributed by atoms with Crippen LogP contribution in [0.4, 0.5) is 4.39 Å². The Morgan fingerprint density at radius 1 is 1.32 bits per heavy atom. The molecule has 0 spiro atoms. The topological polar surface area (TPSA) is 42.4 Å². The van der Waals surface area contributed by atoms with Crippen molar-refractivity contribution in [1.29, 1.82) is 0 Å². The van der Waals surface area contributed by atoms with Gasteiger partial charge in [0.2, 0.25) is 0 Å². The Balaban J connectivity index is 2.29. The zero-order valence-electron chi connectivity index (χ0n) is 10.3. The average Bonchev–Trinajstić information content (AvgIpc) is 2.42. The van der Waals surface area contributed by atoms with E-state index < -0.39 is 6.10 Å². The molecule has 1 aromatic heterocycles. The highest BCUT2D eigenvalue weighted by atomic mass is 79.9. The van der Waals surface area contributed by atoms with Crippen molar-refractivity contribution >= 4 is 15.9 Å². The largest absolute Gasteiger partial charge is 0.492 e. The van der Waals surface area contributed by atoms with Gasteiger partial charge in [0.05, 0.1) is 17.3 Å². The van der Waals surface area contributed by atoms with Crippen LogP contribution < -0.4 is 4.74 Å². The first-order valence-electron chi connectivity index (χ1n) is 5.82. The molecule has 0 saturated heterocycles. The quantitative estimate of drug-likeness (QED) is 0.936. The Morgan fingerprint density at radius 2 is 2.11 bits per heavy atom. The molecule has 1 aromatic carbocycles. The predicted octanol–water partition coefficient (Wildman–Crippen LogP) is 3.46. The van der Waals surface area contributed by atoms with Gasteiger partial charge in [0.15, 0.2) is 0 Å². The molecule has 1 heterocycles. The molecular weight excluding hydrogens is 313 g/mol. The molecule has 0 bridgehead atoms. The first kappa shape index (κ1) is 14.0. The summed E-state index contributed by atoms with van der Waals surface area (Å²) in [5, 5.41) is 10.3. The maximum atomic E-state index is 13.2. The van der Waals surface area contributed by atoms with Crippen LogP contribution in [0.5, 0.6) is 5.75 Å². The number of rotatable bonds is 4. The molecule has 2 aromatic rings. The summed E-state index contributed by atoms with van der Waals surface area (Å²) >= 11 is 3.10. The number of aromatic nitrogens is 1. The molecule has 2 rings (SSSR count). The summed E-state index contributed by atoms with van der Waals surface area (Å²) in [7, 11) is 0. The summed E-state index contributed by atoms with van der Waals surface area (Å²) in [6.45, 7) is 2.41. The summed E-state index contributed by atoms with van der Waals surface area (Å²) in [5.74, 6) is 0.234. The Morgan fingerprint density at radius 3 is 2.79 bits per heavy atom. The van der Waals surface area contributed by atoms with Gasteiger partial charge in [-0.15, -0.1) is 0 Å². The van der Waals surface area contributed by atoms with Crippen LogP contribution in [0.15, 0.2) is 41.1 Å². The van der Waals surface area contributed by atoms with Crippen LogP contribution in [-0.2, 0) is 0 Å². The van der Waals surface area contributed by atoms with Crippen molar-refractivity contribution in [3.63, 3.8) is 0 Å². The van der Waals surface area contributed by atoms with Crippen molar-refractivity contribution in [1.82, 2.24) is 4.98 Å². The lowest BCUT2D eigenvalue weighted by Gasteiger charge is -2.13. The fraction of sp³-hybridized carbons (Fsp3) is 0.214. The predicted molar refractivity (Wildman–Crippen MR) is 73.6 cm³/mol. The van der Waals surface area contributed by atoms with E-state index in [0.717, 1.165) is 0 Å². The molecule has 0 aliphatic rings. The molecule has 3 nitrogen and oxygen atoms in total. The van der Waals surface area contributed by atoms with Crippen molar-refractivity contribution in [2.45, 2.75) is 13.0 Å². The second kappa shape index (κ2) is 6.12. The van der Waals surface area contributed by atoms with Crippen molar-refractivity contribution in [3.05, 3.63) is 58.1 Å². The molecule has 5 heteroatoms. The number of nitrogens with zero attached hydrogens (tertiary/aromatic N) is 1. The lowest BCUT2D eigenvalue weighted by molar-refractivity contribution is 0.218. The average molecular weight is 326 g/mol. The van der Waals surface area contributed by atoms with E-state index in [2.05, 4.69) is 20.9 Å². The minimum atomic E-state index is -0.871. The second-order valence-electron chi connectivity index (χ2n) is 3.96. The first-order valence-corrected chi connectivity index (χ1v) is 6.62. The van der Waals surface area contributed by atoms with Crippen LogP contribution >= 0.6 is 15.9 Å². The Hall–Kier alpha value is -1.46. The van der Waals surface area contributed by atoms with Gasteiger partial charge in [-0.2, -0.15) is 0 Å². The fourth-order valence-electron chi connectivity index (χ4n) is 1.71. The third-order valence-electron chi connectivity index (χ3n) is 2.62. The highest BCUT2D eigenvalue weighted by Gasteiger charge is 2.13. The number of halogens is 2. The zero-order valence-corrected chi connectivity index (χ0v) is 11.9. The van der Waals surface area contributed by atoms with Crippen LogP contribution in [0.3, 0.4) is 0 Å². The normalized spacial score (nSPS) is 12.2. The van der Waals surface area contributed by atoms with Crippen molar-refractivity contribution < 1.29 is 14.2 Å². The number of aliphatic hydroxyl groups excluding tert-OH is 1. The number of pyridine rings is 1. The molecule has 100 valence electrons. The van der Waals surface area contributed by atoms with Crippen LogP contribution in [0.2, 0.25) is 0 Å². The number of aliphatic hydroxyl groups is 1. The SMILES string of the molecule is CCOc1cncc(C(O)c2ccc(F)c(Br)c2)c1. The van der Waals surface area contributed by atoms with Gasteiger partial charge in [0, 0.05) is 11.8 Å². The van der Waals surface area contributed by atoms with Gasteiger partial charge in [-0.25, -0.2) is 4.39 Å². The maximum absolute atomic E-state index is 13.2. The number of hydrogen-bond donors (Lipinski definition) is 1. The third-order valence-corrected chi connectivity index (χ3v) is 3.23. The summed E-state index contributed by atoms with van der Waals surface area (Å²) in [6.07, 6.45) is 2.27. The van der Waals surface area contributed by atoms with Crippen molar-refractivity contribution in [2.75, 3.05) is 6.61 Å². The van der Waals surface area contributed by atoms with Crippen molar-refractivity contribution in [3.8, 4) is 5.75 Å². The fourth-order valence-corrected chi connectivity index (χ4v) is 2.10.